The lowest BCUT2D eigenvalue weighted by Gasteiger charge is -2.13. The first-order valence-corrected chi connectivity index (χ1v) is 10.1. The molecule has 0 spiro atoms. The topological polar surface area (TPSA) is 92.8 Å². The van der Waals surface area contributed by atoms with Crippen LogP contribution in [0.2, 0.25) is 0 Å². The summed E-state index contributed by atoms with van der Waals surface area (Å²) in [5, 5.41) is 0. The lowest BCUT2D eigenvalue weighted by molar-refractivity contribution is -0.274. The van der Waals surface area contributed by atoms with Gasteiger partial charge < -0.3 is 4.74 Å². The third-order valence-electron chi connectivity index (χ3n) is 3.23. The summed E-state index contributed by atoms with van der Waals surface area (Å²) in [7, 11) is -5.19. The van der Waals surface area contributed by atoms with E-state index in [0.717, 1.165) is 28.6 Å². The number of alkyl halides is 3. The van der Waals surface area contributed by atoms with Crippen molar-refractivity contribution in [2.75, 3.05) is 18.8 Å². The quantitative estimate of drug-likeness (QED) is 0.770. The molecule has 7 nitrogen and oxygen atoms in total. The van der Waals surface area contributed by atoms with E-state index in [2.05, 4.69) is 9.46 Å². The van der Waals surface area contributed by atoms with E-state index in [1.54, 1.807) is 0 Å². The maximum atomic E-state index is 12.3. The van der Waals surface area contributed by atoms with Gasteiger partial charge in [-0.05, 0) is 36.4 Å². The number of nitrogens with one attached hydrogen (secondary N) is 1. The molecule has 2 aromatic rings. The second-order valence-corrected chi connectivity index (χ2v) is 9.27. The van der Waals surface area contributed by atoms with E-state index in [1.165, 1.54) is 38.4 Å². The molecule has 0 amide bonds. The fraction of sp³-hybridized carbons (Fsp3) is 0.200. The van der Waals surface area contributed by atoms with Crippen molar-refractivity contribution in [1.82, 2.24) is 4.31 Å². The van der Waals surface area contributed by atoms with Gasteiger partial charge in [0.1, 0.15) is 5.75 Å². The Labute approximate surface area is 154 Å². The molecule has 0 fully saturated rings. The summed E-state index contributed by atoms with van der Waals surface area (Å²) in [6.07, 6.45) is -4.95. The Bertz CT molecular complexity index is 1020. The summed E-state index contributed by atoms with van der Waals surface area (Å²) >= 11 is 0. The summed E-state index contributed by atoms with van der Waals surface area (Å²) in [5.74, 6) is -0.683. The molecule has 148 valence electrons. The van der Waals surface area contributed by atoms with Crippen molar-refractivity contribution >= 4 is 25.7 Å². The molecule has 0 saturated carbocycles. The average Bonchev–Trinajstić information content (AvgIpc) is 2.53. The zero-order chi connectivity index (χ0) is 20.5. The first-order chi connectivity index (χ1) is 12.3. The molecule has 27 heavy (non-hydrogen) atoms. The van der Waals surface area contributed by atoms with Gasteiger partial charge in [0, 0.05) is 25.8 Å². The molecule has 0 atom stereocenters. The fourth-order valence-corrected chi connectivity index (χ4v) is 3.95. The SMILES string of the molecule is CN(C)S(=O)(=O)c1ccc(NS(=O)(=O)c2cccc(OC(F)(F)F)c2)cc1. The van der Waals surface area contributed by atoms with Crippen molar-refractivity contribution in [3.05, 3.63) is 48.5 Å². The van der Waals surface area contributed by atoms with Crippen molar-refractivity contribution in [2.45, 2.75) is 16.2 Å². The van der Waals surface area contributed by atoms with Gasteiger partial charge in [-0.2, -0.15) is 0 Å². The number of ether oxygens (including phenoxy) is 1. The normalized spacial score (nSPS) is 12.8. The molecule has 0 bridgehead atoms. The summed E-state index contributed by atoms with van der Waals surface area (Å²) in [6.45, 7) is 0. The monoisotopic (exact) mass is 424 g/mol. The molecule has 12 heteroatoms. The molecule has 0 heterocycles. The van der Waals surface area contributed by atoms with Crippen LogP contribution in [0, 0.1) is 0 Å². The van der Waals surface area contributed by atoms with Crippen molar-refractivity contribution in [1.29, 1.82) is 0 Å². The molecular weight excluding hydrogens is 409 g/mol. The van der Waals surface area contributed by atoms with E-state index in [-0.39, 0.29) is 10.6 Å². The average molecular weight is 424 g/mol. The van der Waals surface area contributed by atoms with Gasteiger partial charge in [0.25, 0.3) is 10.0 Å². The summed E-state index contributed by atoms with van der Waals surface area (Å²) in [6, 6.07) is 8.74. The predicted octanol–water partition coefficient (Wildman–Crippen LogP) is 2.64. The van der Waals surface area contributed by atoms with E-state index < -0.39 is 37.1 Å². The van der Waals surface area contributed by atoms with Crippen molar-refractivity contribution in [3.8, 4) is 5.75 Å². The zero-order valence-electron chi connectivity index (χ0n) is 14.1. The number of hydrogen-bond acceptors (Lipinski definition) is 5. The second-order valence-electron chi connectivity index (χ2n) is 5.44. The number of sulfonamides is 2. The zero-order valence-corrected chi connectivity index (χ0v) is 15.7. The van der Waals surface area contributed by atoms with Gasteiger partial charge in [-0.1, -0.05) is 6.07 Å². The smallest absolute Gasteiger partial charge is 0.406 e. The molecule has 0 aromatic heterocycles. The van der Waals surface area contributed by atoms with Gasteiger partial charge in [0.05, 0.1) is 9.79 Å². The highest BCUT2D eigenvalue weighted by molar-refractivity contribution is 7.92. The third-order valence-corrected chi connectivity index (χ3v) is 6.44. The van der Waals surface area contributed by atoms with Crippen LogP contribution in [0.4, 0.5) is 18.9 Å². The number of rotatable bonds is 6. The Morgan fingerprint density at radius 1 is 0.926 bits per heavy atom. The maximum Gasteiger partial charge on any atom is 0.573 e. The Morgan fingerprint density at radius 3 is 2.04 bits per heavy atom. The van der Waals surface area contributed by atoms with Crippen LogP contribution in [0.3, 0.4) is 0 Å². The fourth-order valence-electron chi connectivity index (χ4n) is 1.96. The van der Waals surface area contributed by atoms with E-state index in [4.69, 9.17) is 0 Å². The number of halogens is 3. The third kappa shape index (κ3) is 5.34. The summed E-state index contributed by atoms with van der Waals surface area (Å²) in [4.78, 5) is -0.495. The minimum Gasteiger partial charge on any atom is -0.406 e. The molecular formula is C15H15F3N2O5S2. The van der Waals surface area contributed by atoms with E-state index in [0.29, 0.717) is 0 Å². The summed E-state index contributed by atoms with van der Waals surface area (Å²) < 4.78 is 92.3. The highest BCUT2D eigenvalue weighted by Gasteiger charge is 2.31. The van der Waals surface area contributed by atoms with Crippen molar-refractivity contribution in [2.24, 2.45) is 0 Å². The standard InChI is InChI=1S/C15H15F3N2O5S2/c1-20(2)27(23,24)13-8-6-11(7-9-13)19-26(21,22)14-5-3-4-12(10-14)25-15(16,17)18/h3-10,19H,1-2H3. The Morgan fingerprint density at radius 2 is 1.52 bits per heavy atom. The molecule has 0 aliphatic carbocycles. The Kier molecular flexibility index (Phi) is 5.73. The molecule has 0 saturated heterocycles. The van der Waals surface area contributed by atoms with Crippen molar-refractivity contribution in [3.63, 3.8) is 0 Å². The van der Waals surface area contributed by atoms with Gasteiger partial charge in [-0.3, -0.25) is 4.72 Å². The lowest BCUT2D eigenvalue weighted by atomic mass is 10.3. The molecule has 2 rings (SSSR count). The second kappa shape index (κ2) is 7.37. The molecule has 2 aromatic carbocycles. The highest BCUT2D eigenvalue weighted by Crippen LogP contribution is 2.26. The van der Waals surface area contributed by atoms with Crippen LogP contribution >= 0.6 is 0 Å². The minimum absolute atomic E-state index is 0.0369. The van der Waals surface area contributed by atoms with Gasteiger partial charge in [-0.25, -0.2) is 21.1 Å². The predicted molar refractivity (Wildman–Crippen MR) is 91.2 cm³/mol. The first-order valence-electron chi connectivity index (χ1n) is 7.22. The molecule has 1 N–H and O–H groups in total. The van der Waals surface area contributed by atoms with Crippen molar-refractivity contribution < 1.29 is 34.7 Å². The molecule has 0 unspecified atom stereocenters. The Hall–Kier alpha value is -2.31. The number of hydrogen-bond donors (Lipinski definition) is 1. The molecule has 0 aliphatic rings. The van der Waals surface area contributed by atoms with Gasteiger partial charge in [-0.15, -0.1) is 13.2 Å². The van der Waals surface area contributed by atoms with Gasteiger partial charge in [0.2, 0.25) is 10.0 Å². The van der Waals surface area contributed by atoms with Gasteiger partial charge >= 0.3 is 6.36 Å². The van der Waals surface area contributed by atoms with Crippen LogP contribution in [0.15, 0.2) is 58.3 Å². The molecule has 0 radical (unpaired) electrons. The van der Waals surface area contributed by atoms with E-state index >= 15 is 0 Å². The number of benzene rings is 2. The van der Waals surface area contributed by atoms with E-state index in [9.17, 15) is 30.0 Å². The number of nitrogens with zero attached hydrogens (tertiary/aromatic N) is 1. The minimum atomic E-state index is -4.95. The Balaban J connectivity index is 2.25. The lowest BCUT2D eigenvalue weighted by Crippen LogP contribution is -2.22. The highest BCUT2D eigenvalue weighted by atomic mass is 32.2. The summed E-state index contributed by atoms with van der Waals surface area (Å²) in [5.41, 5.74) is 0.0369. The van der Waals surface area contributed by atoms with Gasteiger partial charge in [0.15, 0.2) is 0 Å². The van der Waals surface area contributed by atoms with Crippen LogP contribution in [0.25, 0.3) is 0 Å². The van der Waals surface area contributed by atoms with Crippen LogP contribution in [-0.4, -0.2) is 41.6 Å². The van der Waals surface area contributed by atoms with Crippen LogP contribution < -0.4 is 9.46 Å². The van der Waals surface area contributed by atoms with E-state index in [1.807, 2.05) is 0 Å². The van der Waals surface area contributed by atoms with Crippen LogP contribution in [0.5, 0.6) is 5.75 Å². The van der Waals surface area contributed by atoms with Crippen LogP contribution in [-0.2, 0) is 20.0 Å². The molecule has 0 aliphatic heterocycles. The first kappa shape index (κ1) is 21.0. The maximum absolute atomic E-state index is 12.3. The number of anilines is 1. The van der Waals surface area contributed by atoms with Crippen LogP contribution in [0.1, 0.15) is 0 Å². The largest absolute Gasteiger partial charge is 0.573 e.